The lowest BCUT2D eigenvalue weighted by atomic mass is 9.80. The molecule has 370 valence electrons. The molecule has 5 heteroatoms. The van der Waals surface area contributed by atoms with Crippen LogP contribution in [-0.2, 0) is 0 Å². The molecule has 14 rings (SSSR count). The van der Waals surface area contributed by atoms with Crippen LogP contribution >= 0.6 is 22.7 Å². The van der Waals surface area contributed by atoms with E-state index in [1.165, 1.54) is 74.1 Å². The fraction of sp³-hybridized carbons (Fsp3) is 0.125. The van der Waals surface area contributed by atoms with E-state index in [0.717, 1.165) is 45.4 Å². The molecule has 0 N–H and O–H groups in total. The van der Waals surface area contributed by atoms with Gasteiger partial charge in [-0.3, -0.25) is 0 Å². The minimum absolute atomic E-state index is 0.311. The number of hydrogen-bond donors (Lipinski definition) is 0. The first kappa shape index (κ1) is 47.1. The Labute approximate surface area is 458 Å². The van der Waals surface area contributed by atoms with Crippen LogP contribution in [-0.4, -0.2) is 15.0 Å². The Kier molecular flexibility index (Phi) is 12.0. The van der Waals surface area contributed by atoms with Crippen LogP contribution in [0.5, 0.6) is 0 Å². The van der Waals surface area contributed by atoms with Crippen molar-refractivity contribution in [2.45, 2.75) is 39.0 Å². The molecule has 0 amide bonds. The van der Waals surface area contributed by atoms with E-state index in [-0.39, 0.29) is 0 Å². The molecule has 0 radical (unpaired) electrons. The normalized spacial score (nSPS) is 18.8. The topological polar surface area (TPSA) is 38.7 Å². The molecule has 8 aromatic carbocycles. The summed E-state index contributed by atoms with van der Waals surface area (Å²) in [6, 6.07) is 67.0. The molecule has 0 spiro atoms. The van der Waals surface area contributed by atoms with Gasteiger partial charge in [-0.15, -0.1) is 22.7 Å². The summed E-state index contributed by atoms with van der Waals surface area (Å²) in [5.41, 5.74) is 16.4. The number of thiophene rings is 2. The molecule has 3 aliphatic carbocycles. The maximum atomic E-state index is 5.54. The average molecular weight is 1030 g/mol. The average Bonchev–Trinajstić information content (AvgIpc) is 4.17. The van der Waals surface area contributed by atoms with E-state index >= 15 is 0 Å². The summed E-state index contributed by atoms with van der Waals surface area (Å²) in [6.07, 6.45) is 21.5. The van der Waals surface area contributed by atoms with E-state index in [1.807, 2.05) is 22.7 Å². The predicted octanol–water partition coefficient (Wildman–Crippen LogP) is 20.1. The van der Waals surface area contributed by atoms with Crippen LogP contribution in [0.1, 0.15) is 66.2 Å². The van der Waals surface area contributed by atoms with E-state index in [4.69, 9.17) is 15.0 Å². The van der Waals surface area contributed by atoms with Gasteiger partial charge in [-0.2, -0.15) is 0 Å². The Balaban J connectivity index is 0.931. The van der Waals surface area contributed by atoms with Crippen molar-refractivity contribution in [3.63, 3.8) is 0 Å². The van der Waals surface area contributed by atoms with Gasteiger partial charge in [0.2, 0.25) is 0 Å². The molecule has 77 heavy (non-hydrogen) atoms. The van der Waals surface area contributed by atoms with Gasteiger partial charge in [0.15, 0.2) is 17.5 Å². The van der Waals surface area contributed by atoms with Crippen molar-refractivity contribution in [3.05, 3.63) is 258 Å². The summed E-state index contributed by atoms with van der Waals surface area (Å²) in [5.74, 6) is 3.83. The summed E-state index contributed by atoms with van der Waals surface area (Å²) in [7, 11) is 0. The zero-order valence-electron chi connectivity index (χ0n) is 43.3. The van der Waals surface area contributed by atoms with Crippen LogP contribution in [0.15, 0.2) is 231 Å². The van der Waals surface area contributed by atoms with Crippen molar-refractivity contribution in [3.8, 4) is 67.5 Å². The van der Waals surface area contributed by atoms with Gasteiger partial charge < -0.3 is 0 Å². The predicted molar refractivity (Wildman–Crippen MR) is 328 cm³/mol. The lowest BCUT2D eigenvalue weighted by molar-refractivity contribution is 0.629. The molecule has 0 saturated heterocycles. The van der Waals surface area contributed by atoms with Gasteiger partial charge in [0.1, 0.15) is 0 Å². The number of nitrogens with zero attached hydrogens (tertiary/aromatic N) is 3. The van der Waals surface area contributed by atoms with E-state index in [0.29, 0.717) is 47.1 Å². The van der Waals surface area contributed by atoms with E-state index in [2.05, 4.69) is 257 Å². The van der Waals surface area contributed by atoms with Crippen LogP contribution in [0, 0.1) is 17.8 Å². The molecule has 0 fully saturated rings. The molecule has 5 atom stereocenters. The Bertz CT molecular complexity index is 4250. The molecular weight excluding hydrogens is 971 g/mol. The summed E-state index contributed by atoms with van der Waals surface area (Å²) >= 11 is 3.79. The molecular formula is C72H55N3S2. The number of benzene rings is 8. The standard InChI is InChI=1S/C72H55N3S2/c1-44-17-10-12-25-57(44)48-32-34-50(35-33-48)70-73-71(75-72(74-70)62-29-16-30-65-67(62)63-43-53(36-38-64(63)76-65)58-26-13-11-18-45(58)2)56-41-54(47-19-6-4-7-20-47)40-55(42-56)51-23-14-24-52(39-51)59-27-15-28-60-61-37-31-46(3)66(69(61)77-68(59)60)49-21-8-5-9-22-49/h4-17,19-46,57,66H,18H2,1-3H3. The Morgan fingerprint density at radius 2 is 1.12 bits per heavy atom. The van der Waals surface area contributed by atoms with Gasteiger partial charge in [0.25, 0.3) is 0 Å². The molecule has 5 unspecified atom stereocenters. The van der Waals surface area contributed by atoms with Gasteiger partial charge in [0.05, 0.1) is 0 Å². The first-order valence-corrected chi connectivity index (χ1v) is 28.7. The third-order valence-corrected chi connectivity index (χ3v) is 18.7. The van der Waals surface area contributed by atoms with Crippen molar-refractivity contribution in [2.24, 2.45) is 17.8 Å². The lowest BCUT2D eigenvalue weighted by Gasteiger charge is -2.25. The molecule has 3 nitrogen and oxygen atoms in total. The highest BCUT2D eigenvalue weighted by Crippen LogP contribution is 2.49. The largest absolute Gasteiger partial charge is 0.208 e. The van der Waals surface area contributed by atoms with Gasteiger partial charge in [0, 0.05) is 63.7 Å². The maximum Gasteiger partial charge on any atom is 0.164 e. The van der Waals surface area contributed by atoms with E-state index in [9.17, 15) is 0 Å². The zero-order chi connectivity index (χ0) is 51.6. The third kappa shape index (κ3) is 8.64. The number of rotatable bonds is 9. The van der Waals surface area contributed by atoms with Crippen molar-refractivity contribution in [1.82, 2.24) is 15.0 Å². The first-order valence-electron chi connectivity index (χ1n) is 27.0. The fourth-order valence-electron chi connectivity index (χ4n) is 12.1. The third-order valence-electron chi connectivity index (χ3n) is 16.2. The highest BCUT2D eigenvalue weighted by Gasteiger charge is 2.29. The molecule has 3 aliphatic rings. The number of aromatic nitrogens is 3. The molecule has 0 aliphatic heterocycles. The fourth-order valence-corrected chi connectivity index (χ4v) is 14.8. The van der Waals surface area contributed by atoms with Crippen LogP contribution in [0.4, 0.5) is 0 Å². The second kappa shape index (κ2) is 19.7. The SMILES string of the molecule is CC1CC=CC=C1c1ccc2sc3cccc(-c4nc(-c5ccc(C6C=CC=CC6C)cc5)nc(-c5cc(-c6ccccc6)cc(-c6cccc(-c7cccc8c9c(sc78)C(c7ccccc7)C(C)C=C9)c6)c5)n4)c3c2c1. The van der Waals surface area contributed by atoms with Crippen molar-refractivity contribution in [1.29, 1.82) is 0 Å². The highest BCUT2D eigenvalue weighted by molar-refractivity contribution is 7.26. The monoisotopic (exact) mass is 1030 g/mol. The second-order valence-corrected chi connectivity index (χ2v) is 23.3. The molecule has 11 aromatic rings. The summed E-state index contributed by atoms with van der Waals surface area (Å²) in [5, 5.41) is 3.72. The van der Waals surface area contributed by atoms with E-state index < -0.39 is 0 Å². The second-order valence-electron chi connectivity index (χ2n) is 21.2. The van der Waals surface area contributed by atoms with Gasteiger partial charge >= 0.3 is 0 Å². The number of hydrogen-bond acceptors (Lipinski definition) is 5. The van der Waals surface area contributed by atoms with Crippen LogP contribution < -0.4 is 0 Å². The van der Waals surface area contributed by atoms with E-state index in [1.54, 1.807) is 0 Å². The summed E-state index contributed by atoms with van der Waals surface area (Å²) in [6.45, 7) is 6.96. The Morgan fingerprint density at radius 3 is 1.94 bits per heavy atom. The number of fused-ring (bicyclic) bond motifs is 6. The number of allylic oxidation sites excluding steroid dienone is 9. The molecule has 3 heterocycles. The molecule has 0 bridgehead atoms. The van der Waals surface area contributed by atoms with Crippen LogP contribution in [0.25, 0.3) is 109 Å². The quantitative estimate of drug-likeness (QED) is 0.145. The molecule has 0 saturated carbocycles. The van der Waals surface area contributed by atoms with Gasteiger partial charge in [-0.1, -0.05) is 215 Å². The molecule has 3 aromatic heterocycles. The van der Waals surface area contributed by atoms with Crippen molar-refractivity contribution in [2.75, 3.05) is 0 Å². The van der Waals surface area contributed by atoms with Gasteiger partial charge in [-0.25, -0.2) is 15.0 Å². The van der Waals surface area contributed by atoms with Crippen LogP contribution in [0.2, 0.25) is 0 Å². The summed E-state index contributed by atoms with van der Waals surface area (Å²) < 4.78 is 3.79. The first-order chi connectivity index (χ1) is 37.9. The minimum atomic E-state index is 0.311. The van der Waals surface area contributed by atoms with Crippen molar-refractivity contribution < 1.29 is 0 Å². The maximum absolute atomic E-state index is 5.54. The van der Waals surface area contributed by atoms with Crippen molar-refractivity contribution >= 4 is 64.6 Å². The zero-order valence-corrected chi connectivity index (χ0v) is 44.9. The summed E-state index contributed by atoms with van der Waals surface area (Å²) in [4.78, 5) is 17.9. The minimum Gasteiger partial charge on any atom is -0.208 e. The van der Waals surface area contributed by atoms with Crippen LogP contribution in [0.3, 0.4) is 0 Å². The van der Waals surface area contributed by atoms with Gasteiger partial charge in [-0.05, 0) is 128 Å². The lowest BCUT2D eigenvalue weighted by Crippen LogP contribution is -2.12. The Hall–Kier alpha value is -8.35. The Morgan fingerprint density at radius 1 is 0.442 bits per heavy atom. The highest BCUT2D eigenvalue weighted by atomic mass is 32.1. The smallest absolute Gasteiger partial charge is 0.164 e.